The normalized spacial score (nSPS) is 11.2. The Kier molecular flexibility index (Phi) is 2.68. The first-order chi connectivity index (χ1) is 8.66. The maximum absolute atomic E-state index is 12.2. The Bertz CT molecular complexity index is 773. The van der Waals surface area contributed by atoms with Crippen LogP contribution in [0.25, 0.3) is 11.0 Å². The van der Waals surface area contributed by atoms with Gasteiger partial charge in [0.05, 0.1) is 17.8 Å². The van der Waals surface area contributed by atoms with Crippen LogP contribution >= 0.6 is 22.9 Å². The third-order valence-corrected chi connectivity index (χ3v) is 4.09. The highest BCUT2D eigenvalue weighted by atomic mass is 35.5. The molecule has 92 valence electrons. The molecule has 0 spiro atoms. The maximum Gasteiger partial charge on any atom is 0.264 e. The number of aryl methyl sites for hydroxylation is 1. The van der Waals surface area contributed by atoms with Crippen molar-refractivity contribution in [3.63, 3.8) is 0 Å². The summed E-state index contributed by atoms with van der Waals surface area (Å²) in [6.45, 7) is 0.438. The molecule has 0 aliphatic rings. The molecule has 5 nitrogen and oxygen atoms in total. The molecule has 0 saturated heterocycles. The van der Waals surface area contributed by atoms with Crippen molar-refractivity contribution in [1.29, 1.82) is 0 Å². The minimum Gasteiger partial charge on any atom is -0.293 e. The van der Waals surface area contributed by atoms with Crippen molar-refractivity contribution in [3.8, 4) is 0 Å². The first kappa shape index (κ1) is 11.4. The second-order valence-corrected chi connectivity index (χ2v) is 5.28. The van der Waals surface area contributed by atoms with Crippen molar-refractivity contribution in [1.82, 2.24) is 19.3 Å². The lowest BCUT2D eigenvalue weighted by atomic mass is 10.4. The Balaban J connectivity index is 2.11. The fourth-order valence-corrected chi connectivity index (χ4v) is 2.87. The number of nitrogens with zero attached hydrogens (tertiary/aromatic N) is 4. The number of halogens is 1. The van der Waals surface area contributed by atoms with Gasteiger partial charge in [-0.15, -0.1) is 11.3 Å². The average molecular weight is 281 g/mol. The van der Waals surface area contributed by atoms with Gasteiger partial charge in [-0.05, 0) is 11.4 Å². The van der Waals surface area contributed by atoms with Gasteiger partial charge in [0.25, 0.3) is 5.56 Å². The molecule has 3 heterocycles. The zero-order valence-electron chi connectivity index (χ0n) is 9.50. The molecule has 0 unspecified atom stereocenters. The third kappa shape index (κ3) is 1.74. The summed E-state index contributed by atoms with van der Waals surface area (Å²) >= 11 is 7.55. The molecular formula is C11H9ClN4OS. The van der Waals surface area contributed by atoms with E-state index in [1.165, 1.54) is 23.9 Å². The number of hydrogen-bond donors (Lipinski definition) is 0. The van der Waals surface area contributed by atoms with E-state index in [4.69, 9.17) is 11.6 Å². The molecule has 0 aliphatic carbocycles. The van der Waals surface area contributed by atoms with E-state index in [0.717, 1.165) is 4.88 Å². The molecule has 0 amide bonds. The van der Waals surface area contributed by atoms with Crippen LogP contribution in [0.1, 0.15) is 4.88 Å². The van der Waals surface area contributed by atoms with Gasteiger partial charge in [0.15, 0.2) is 5.65 Å². The van der Waals surface area contributed by atoms with Crippen molar-refractivity contribution in [2.45, 2.75) is 6.54 Å². The number of aromatic nitrogens is 4. The molecule has 0 fully saturated rings. The Morgan fingerprint density at radius 2 is 2.33 bits per heavy atom. The molecule has 3 aromatic rings. The lowest BCUT2D eigenvalue weighted by Crippen LogP contribution is -2.20. The highest BCUT2D eigenvalue weighted by Gasteiger charge is 2.10. The van der Waals surface area contributed by atoms with Gasteiger partial charge in [0, 0.05) is 11.9 Å². The average Bonchev–Trinajstić information content (AvgIpc) is 2.91. The molecule has 7 heteroatoms. The van der Waals surface area contributed by atoms with Gasteiger partial charge in [0.1, 0.15) is 11.7 Å². The molecular weight excluding hydrogens is 272 g/mol. The SMILES string of the molecule is Cn1ncc2c(=O)n(Cc3sccc3Cl)cnc21. The van der Waals surface area contributed by atoms with E-state index >= 15 is 0 Å². The lowest BCUT2D eigenvalue weighted by molar-refractivity contribution is 0.745. The Morgan fingerprint density at radius 3 is 3.06 bits per heavy atom. The zero-order chi connectivity index (χ0) is 12.7. The number of thiophene rings is 1. The molecule has 0 N–H and O–H groups in total. The van der Waals surface area contributed by atoms with Crippen LogP contribution < -0.4 is 5.56 Å². The minimum absolute atomic E-state index is 0.0995. The van der Waals surface area contributed by atoms with Crippen LogP contribution in [-0.2, 0) is 13.6 Å². The van der Waals surface area contributed by atoms with E-state index in [-0.39, 0.29) is 5.56 Å². The van der Waals surface area contributed by atoms with E-state index in [9.17, 15) is 4.79 Å². The summed E-state index contributed by atoms with van der Waals surface area (Å²) in [6, 6.07) is 1.82. The summed E-state index contributed by atoms with van der Waals surface area (Å²) in [5, 5.41) is 7.13. The fourth-order valence-electron chi connectivity index (χ4n) is 1.77. The van der Waals surface area contributed by atoms with Crippen LogP contribution in [0.15, 0.2) is 28.8 Å². The number of fused-ring (bicyclic) bond motifs is 1. The highest BCUT2D eigenvalue weighted by molar-refractivity contribution is 7.10. The van der Waals surface area contributed by atoms with Gasteiger partial charge in [-0.1, -0.05) is 11.6 Å². The number of hydrogen-bond acceptors (Lipinski definition) is 4. The molecule has 18 heavy (non-hydrogen) atoms. The zero-order valence-corrected chi connectivity index (χ0v) is 11.1. The minimum atomic E-state index is -0.0995. The Labute approximate surface area is 111 Å². The monoisotopic (exact) mass is 280 g/mol. The van der Waals surface area contributed by atoms with Gasteiger partial charge >= 0.3 is 0 Å². The standard InChI is InChI=1S/C11H9ClN4OS/c1-15-10-7(4-14-15)11(17)16(6-13-10)5-9-8(12)2-3-18-9/h2-4,6H,5H2,1H3. The smallest absolute Gasteiger partial charge is 0.264 e. The molecule has 3 rings (SSSR count). The van der Waals surface area contributed by atoms with Crippen molar-refractivity contribution < 1.29 is 0 Å². The van der Waals surface area contributed by atoms with Gasteiger partial charge in [-0.2, -0.15) is 5.10 Å². The number of rotatable bonds is 2. The van der Waals surface area contributed by atoms with Crippen molar-refractivity contribution in [2.24, 2.45) is 7.05 Å². The first-order valence-electron chi connectivity index (χ1n) is 5.26. The van der Waals surface area contributed by atoms with Crippen molar-refractivity contribution >= 4 is 34.0 Å². The van der Waals surface area contributed by atoms with Gasteiger partial charge < -0.3 is 0 Å². The third-order valence-electron chi connectivity index (χ3n) is 2.72. The fraction of sp³-hybridized carbons (Fsp3) is 0.182. The first-order valence-corrected chi connectivity index (χ1v) is 6.51. The van der Waals surface area contributed by atoms with Gasteiger partial charge in [-0.25, -0.2) is 4.98 Å². The summed E-state index contributed by atoms with van der Waals surface area (Å²) in [4.78, 5) is 17.4. The van der Waals surface area contributed by atoms with Gasteiger partial charge in [-0.3, -0.25) is 14.0 Å². The summed E-state index contributed by atoms with van der Waals surface area (Å²) in [7, 11) is 1.76. The van der Waals surface area contributed by atoms with E-state index in [1.807, 2.05) is 11.4 Å². The van der Waals surface area contributed by atoms with Crippen molar-refractivity contribution in [2.75, 3.05) is 0 Å². The molecule has 0 radical (unpaired) electrons. The van der Waals surface area contributed by atoms with Crippen LogP contribution in [0.5, 0.6) is 0 Å². The predicted molar refractivity (Wildman–Crippen MR) is 71.2 cm³/mol. The van der Waals surface area contributed by atoms with Crippen LogP contribution in [0.4, 0.5) is 0 Å². The Morgan fingerprint density at radius 1 is 1.50 bits per heavy atom. The topological polar surface area (TPSA) is 52.7 Å². The Hall–Kier alpha value is -1.66. The second-order valence-electron chi connectivity index (χ2n) is 3.87. The molecule has 0 aromatic carbocycles. The van der Waals surface area contributed by atoms with Crippen LogP contribution in [-0.4, -0.2) is 19.3 Å². The summed E-state index contributed by atoms with van der Waals surface area (Å²) in [6.07, 6.45) is 3.07. The maximum atomic E-state index is 12.2. The van der Waals surface area contributed by atoms with Crippen LogP contribution in [0.2, 0.25) is 5.02 Å². The van der Waals surface area contributed by atoms with E-state index in [1.54, 1.807) is 16.3 Å². The molecule has 3 aromatic heterocycles. The molecule has 0 aliphatic heterocycles. The summed E-state index contributed by atoms with van der Waals surface area (Å²) in [5.41, 5.74) is 0.492. The quantitative estimate of drug-likeness (QED) is 0.720. The van der Waals surface area contributed by atoms with E-state index in [2.05, 4.69) is 10.1 Å². The lowest BCUT2D eigenvalue weighted by Gasteiger charge is -2.03. The molecule has 0 bridgehead atoms. The molecule has 0 atom stereocenters. The highest BCUT2D eigenvalue weighted by Crippen LogP contribution is 2.22. The van der Waals surface area contributed by atoms with Crippen LogP contribution in [0.3, 0.4) is 0 Å². The van der Waals surface area contributed by atoms with Crippen LogP contribution in [0, 0.1) is 0 Å². The largest absolute Gasteiger partial charge is 0.293 e. The van der Waals surface area contributed by atoms with Crippen molar-refractivity contribution in [3.05, 3.63) is 44.2 Å². The van der Waals surface area contributed by atoms with E-state index < -0.39 is 0 Å². The van der Waals surface area contributed by atoms with Gasteiger partial charge in [0.2, 0.25) is 0 Å². The van der Waals surface area contributed by atoms with E-state index in [0.29, 0.717) is 22.6 Å². The summed E-state index contributed by atoms with van der Waals surface area (Å²) in [5.74, 6) is 0. The summed E-state index contributed by atoms with van der Waals surface area (Å²) < 4.78 is 3.13. The second kappa shape index (κ2) is 4.22. The molecule has 0 saturated carbocycles. The predicted octanol–water partition coefficient (Wildman–Crippen LogP) is 1.89.